The van der Waals surface area contributed by atoms with E-state index in [2.05, 4.69) is 10.7 Å². The molecule has 0 bridgehead atoms. The Morgan fingerprint density at radius 2 is 2.40 bits per heavy atom. The minimum Gasteiger partial charge on any atom is -0.383 e. The van der Waals surface area contributed by atoms with Crippen LogP contribution in [0.15, 0.2) is 0 Å². The number of methoxy groups -OCH3 is 1. The molecule has 0 fully saturated rings. The quantitative estimate of drug-likeness (QED) is 0.293. The Labute approximate surface area is 66.1 Å². The minimum atomic E-state index is 0.188. The second-order valence-corrected chi connectivity index (χ2v) is 2.38. The number of hydrogen-bond acceptors (Lipinski definition) is 3. The summed E-state index contributed by atoms with van der Waals surface area (Å²) in [5, 5.41) is 3.34. The van der Waals surface area contributed by atoms with E-state index in [0.29, 0.717) is 11.7 Å². The average molecular weight is 163 g/mol. The zero-order valence-corrected chi connectivity index (χ0v) is 6.99. The fraction of sp³-hybridized carbons (Fsp3) is 0.800. The van der Waals surface area contributed by atoms with Gasteiger partial charge in [0.1, 0.15) is 0 Å². The number of nitrogens with one attached hydrogen (secondary N) is 2. The van der Waals surface area contributed by atoms with Crippen molar-refractivity contribution in [3.8, 4) is 0 Å². The second kappa shape index (κ2) is 5.40. The molecule has 0 rings (SSSR count). The Hall–Kier alpha value is -0.390. The van der Waals surface area contributed by atoms with Gasteiger partial charge in [-0.2, -0.15) is 0 Å². The number of hydrazine groups is 1. The van der Waals surface area contributed by atoms with Crippen LogP contribution in [0.3, 0.4) is 0 Å². The molecular formula is C5H13N3OS. The zero-order chi connectivity index (χ0) is 7.98. The summed E-state index contributed by atoms with van der Waals surface area (Å²) in [6, 6.07) is 0.188. The van der Waals surface area contributed by atoms with Gasteiger partial charge in [0.2, 0.25) is 0 Å². The molecule has 0 aliphatic carbocycles. The highest BCUT2D eigenvalue weighted by atomic mass is 32.1. The van der Waals surface area contributed by atoms with Gasteiger partial charge < -0.3 is 15.5 Å². The number of thiocarbonyl (C=S) groups is 1. The Bertz CT molecular complexity index is 109. The maximum atomic E-state index is 5.02. The lowest BCUT2D eigenvalue weighted by Gasteiger charge is -2.13. The van der Waals surface area contributed by atoms with Crippen molar-refractivity contribution < 1.29 is 4.74 Å². The van der Waals surface area contributed by atoms with E-state index in [9.17, 15) is 0 Å². The first kappa shape index (κ1) is 9.61. The molecule has 5 heteroatoms. The monoisotopic (exact) mass is 163 g/mol. The van der Waals surface area contributed by atoms with Crippen LogP contribution in [0.2, 0.25) is 0 Å². The fourth-order valence-corrected chi connectivity index (χ4v) is 0.758. The molecule has 0 aliphatic rings. The van der Waals surface area contributed by atoms with Crippen LogP contribution < -0.4 is 16.6 Å². The first-order valence-electron chi connectivity index (χ1n) is 2.96. The normalized spacial score (nSPS) is 12.3. The predicted molar refractivity (Wildman–Crippen MR) is 44.4 cm³/mol. The maximum Gasteiger partial charge on any atom is 0.180 e. The summed E-state index contributed by atoms with van der Waals surface area (Å²) >= 11 is 4.74. The van der Waals surface area contributed by atoms with Crippen LogP contribution in [-0.2, 0) is 4.74 Å². The average Bonchev–Trinajstić information content (AvgIpc) is 1.88. The van der Waals surface area contributed by atoms with Crippen molar-refractivity contribution in [3.63, 3.8) is 0 Å². The van der Waals surface area contributed by atoms with E-state index in [-0.39, 0.29) is 6.04 Å². The van der Waals surface area contributed by atoms with Crippen LogP contribution in [0.4, 0.5) is 0 Å². The molecule has 0 heterocycles. The molecule has 10 heavy (non-hydrogen) atoms. The van der Waals surface area contributed by atoms with Gasteiger partial charge in [-0.3, -0.25) is 0 Å². The van der Waals surface area contributed by atoms with Crippen molar-refractivity contribution in [2.24, 2.45) is 5.84 Å². The van der Waals surface area contributed by atoms with Gasteiger partial charge in [0.15, 0.2) is 5.11 Å². The molecule has 0 aromatic carbocycles. The molecule has 60 valence electrons. The van der Waals surface area contributed by atoms with Crippen LogP contribution in [-0.4, -0.2) is 24.9 Å². The fourth-order valence-electron chi connectivity index (χ4n) is 0.557. The lowest BCUT2D eigenvalue weighted by Crippen LogP contribution is -2.45. The standard InChI is InChI=1S/C5H13N3OS/c1-4(3-9-2)7-5(10)8-6/h4H,3,6H2,1-2H3,(H2,7,8,10)/t4-/m0/s1. The molecule has 0 radical (unpaired) electrons. The third kappa shape index (κ3) is 4.49. The first-order chi connectivity index (χ1) is 4.70. The number of rotatable bonds is 3. The summed E-state index contributed by atoms with van der Waals surface area (Å²) in [6.45, 7) is 2.56. The summed E-state index contributed by atoms with van der Waals surface area (Å²) < 4.78 is 4.86. The van der Waals surface area contributed by atoms with Crippen LogP contribution in [0.5, 0.6) is 0 Å². The Morgan fingerprint density at radius 3 is 2.80 bits per heavy atom. The van der Waals surface area contributed by atoms with Gasteiger partial charge >= 0.3 is 0 Å². The molecule has 4 nitrogen and oxygen atoms in total. The van der Waals surface area contributed by atoms with Crippen LogP contribution in [0, 0.1) is 0 Å². The molecule has 0 aromatic rings. The van der Waals surface area contributed by atoms with Crippen molar-refractivity contribution >= 4 is 17.3 Å². The zero-order valence-electron chi connectivity index (χ0n) is 6.18. The Morgan fingerprint density at radius 1 is 1.80 bits per heavy atom. The maximum absolute atomic E-state index is 5.02. The first-order valence-corrected chi connectivity index (χ1v) is 3.37. The van der Waals surface area contributed by atoms with Crippen molar-refractivity contribution in [1.29, 1.82) is 0 Å². The van der Waals surface area contributed by atoms with Gasteiger partial charge in [-0.05, 0) is 19.1 Å². The van der Waals surface area contributed by atoms with E-state index in [1.165, 1.54) is 0 Å². The molecule has 0 aromatic heterocycles. The molecule has 0 unspecified atom stereocenters. The summed E-state index contributed by atoms with van der Waals surface area (Å²) in [6.07, 6.45) is 0. The third-order valence-corrected chi connectivity index (χ3v) is 1.16. The summed E-state index contributed by atoms with van der Waals surface area (Å²) in [7, 11) is 1.64. The summed E-state index contributed by atoms with van der Waals surface area (Å²) in [5.74, 6) is 5.02. The number of nitrogens with two attached hydrogens (primary N) is 1. The molecule has 1 atom stereocenters. The molecule has 0 aliphatic heterocycles. The topological polar surface area (TPSA) is 59.3 Å². The third-order valence-electron chi connectivity index (χ3n) is 0.925. The highest BCUT2D eigenvalue weighted by molar-refractivity contribution is 7.80. The highest BCUT2D eigenvalue weighted by Crippen LogP contribution is 1.80. The predicted octanol–water partition coefficient (Wildman–Crippen LogP) is -0.641. The van der Waals surface area contributed by atoms with Gasteiger partial charge in [0, 0.05) is 13.2 Å². The van der Waals surface area contributed by atoms with Gasteiger partial charge in [-0.1, -0.05) is 0 Å². The number of hydrogen-bond donors (Lipinski definition) is 3. The van der Waals surface area contributed by atoms with E-state index in [1.807, 2.05) is 6.92 Å². The van der Waals surface area contributed by atoms with Crippen LogP contribution >= 0.6 is 12.2 Å². The van der Waals surface area contributed by atoms with Crippen LogP contribution in [0.25, 0.3) is 0 Å². The van der Waals surface area contributed by atoms with E-state index in [1.54, 1.807) is 7.11 Å². The van der Waals surface area contributed by atoms with Gasteiger partial charge in [0.05, 0.1) is 6.61 Å². The summed E-state index contributed by atoms with van der Waals surface area (Å²) in [4.78, 5) is 0. The Kier molecular flexibility index (Phi) is 5.19. The van der Waals surface area contributed by atoms with Gasteiger partial charge in [-0.25, -0.2) is 5.84 Å². The molecule has 0 spiro atoms. The van der Waals surface area contributed by atoms with Crippen molar-refractivity contribution in [2.75, 3.05) is 13.7 Å². The molecular weight excluding hydrogens is 150 g/mol. The van der Waals surface area contributed by atoms with Gasteiger partial charge in [0.25, 0.3) is 0 Å². The van der Waals surface area contributed by atoms with E-state index < -0.39 is 0 Å². The largest absolute Gasteiger partial charge is 0.383 e. The lowest BCUT2D eigenvalue weighted by atomic mass is 10.4. The van der Waals surface area contributed by atoms with Crippen molar-refractivity contribution in [1.82, 2.24) is 10.7 Å². The Balaban J connectivity index is 3.37. The van der Waals surface area contributed by atoms with Crippen molar-refractivity contribution in [3.05, 3.63) is 0 Å². The van der Waals surface area contributed by atoms with Crippen molar-refractivity contribution in [2.45, 2.75) is 13.0 Å². The molecule has 4 N–H and O–H groups in total. The SMILES string of the molecule is COC[C@H](C)NC(=S)NN. The van der Waals surface area contributed by atoms with E-state index >= 15 is 0 Å². The number of ether oxygens (including phenoxy) is 1. The second-order valence-electron chi connectivity index (χ2n) is 1.97. The van der Waals surface area contributed by atoms with E-state index in [0.717, 1.165) is 0 Å². The summed E-state index contributed by atoms with van der Waals surface area (Å²) in [5.41, 5.74) is 2.32. The molecule has 0 saturated heterocycles. The molecule has 0 saturated carbocycles. The smallest absolute Gasteiger partial charge is 0.180 e. The lowest BCUT2D eigenvalue weighted by molar-refractivity contribution is 0.179. The van der Waals surface area contributed by atoms with Gasteiger partial charge in [-0.15, -0.1) is 0 Å². The van der Waals surface area contributed by atoms with Crippen LogP contribution in [0.1, 0.15) is 6.92 Å². The minimum absolute atomic E-state index is 0.188. The molecule has 0 amide bonds. The highest BCUT2D eigenvalue weighted by Gasteiger charge is 2.00. The van der Waals surface area contributed by atoms with E-state index in [4.69, 9.17) is 22.8 Å².